The fraction of sp³-hybridized carbons (Fsp3) is 0.571. The van der Waals surface area contributed by atoms with Crippen LogP contribution in [-0.4, -0.2) is 25.8 Å². The third-order valence-corrected chi connectivity index (χ3v) is 6.17. The second-order valence-electron chi connectivity index (χ2n) is 5.58. The summed E-state index contributed by atoms with van der Waals surface area (Å²) in [6.45, 7) is 2.22. The van der Waals surface area contributed by atoms with Gasteiger partial charge in [-0.1, -0.05) is 19.1 Å². The molecule has 1 aliphatic carbocycles. The van der Waals surface area contributed by atoms with E-state index in [1.807, 2.05) is 0 Å². The Morgan fingerprint density at radius 2 is 1.80 bits per heavy atom. The van der Waals surface area contributed by atoms with Gasteiger partial charge in [-0.2, -0.15) is 4.31 Å². The van der Waals surface area contributed by atoms with E-state index in [4.69, 9.17) is 5.84 Å². The van der Waals surface area contributed by atoms with E-state index in [9.17, 15) is 8.42 Å². The standard InChI is InChI=1S/C14H23N3O2S/c1-11-7-9-12(10-8-11)17(2)20(18,19)14-6-4-3-5-13(14)16-15/h3-6,11-12,16H,7-10,15H2,1-2H3. The molecule has 0 bridgehead atoms. The van der Waals surface area contributed by atoms with Gasteiger partial charge < -0.3 is 5.43 Å². The number of hydrazine groups is 1. The number of nitrogen functional groups attached to an aromatic ring is 1. The highest BCUT2D eigenvalue weighted by molar-refractivity contribution is 7.89. The molecular formula is C14H23N3O2S. The zero-order valence-corrected chi connectivity index (χ0v) is 12.9. The van der Waals surface area contributed by atoms with Crippen molar-refractivity contribution in [2.45, 2.75) is 43.5 Å². The molecule has 1 aromatic rings. The van der Waals surface area contributed by atoms with E-state index in [0.717, 1.165) is 25.7 Å². The SMILES string of the molecule is CC1CCC(N(C)S(=O)(=O)c2ccccc2NN)CC1. The second-order valence-corrected chi connectivity index (χ2v) is 7.54. The minimum absolute atomic E-state index is 0.0852. The van der Waals surface area contributed by atoms with Crippen LogP contribution in [0.4, 0.5) is 5.69 Å². The van der Waals surface area contributed by atoms with Crippen LogP contribution in [0.1, 0.15) is 32.6 Å². The number of nitrogens with one attached hydrogen (secondary N) is 1. The number of anilines is 1. The molecule has 0 unspecified atom stereocenters. The number of hydrogen-bond acceptors (Lipinski definition) is 4. The van der Waals surface area contributed by atoms with Crippen LogP contribution in [-0.2, 0) is 10.0 Å². The van der Waals surface area contributed by atoms with Crippen molar-refractivity contribution in [3.05, 3.63) is 24.3 Å². The van der Waals surface area contributed by atoms with E-state index < -0.39 is 10.0 Å². The fourth-order valence-corrected chi connectivity index (χ4v) is 4.34. The Morgan fingerprint density at radius 1 is 1.20 bits per heavy atom. The number of hydrogen-bond donors (Lipinski definition) is 2. The minimum atomic E-state index is -3.51. The molecule has 1 saturated carbocycles. The second kappa shape index (κ2) is 6.11. The summed E-state index contributed by atoms with van der Waals surface area (Å²) in [7, 11) is -1.84. The van der Waals surface area contributed by atoms with E-state index in [1.54, 1.807) is 31.3 Å². The van der Waals surface area contributed by atoms with Gasteiger partial charge in [0.15, 0.2) is 0 Å². The molecule has 1 fully saturated rings. The molecule has 0 amide bonds. The smallest absolute Gasteiger partial charge is 0.245 e. The first kappa shape index (κ1) is 15.3. The van der Waals surface area contributed by atoms with Crippen LogP contribution in [0, 0.1) is 5.92 Å². The lowest BCUT2D eigenvalue weighted by Gasteiger charge is -2.33. The van der Waals surface area contributed by atoms with E-state index >= 15 is 0 Å². The Bertz CT molecular complexity index is 551. The van der Waals surface area contributed by atoms with Gasteiger partial charge in [-0.25, -0.2) is 8.42 Å². The average molecular weight is 297 g/mol. The van der Waals surface area contributed by atoms with Gasteiger partial charge in [-0.05, 0) is 43.7 Å². The molecule has 1 aromatic carbocycles. The van der Waals surface area contributed by atoms with Crippen molar-refractivity contribution in [3.63, 3.8) is 0 Å². The third-order valence-electron chi connectivity index (χ3n) is 4.20. The number of sulfonamides is 1. The van der Waals surface area contributed by atoms with Crippen molar-refractivity contribution in [2.75, 3.05) is 12.5 Å². The molecule has 0 atom stereocenters. The summed E-state index contributed by atoms with van der Waals surface area (Å²) in [6, 6.07) is 6.82. The average Bonchev–Trinajstić information content (AvgIpc) is 2.47. The van der Waals surface area contributed by atoms with Crippen molar-refractivity contribution in [1.82, 2.24) is 4.31 Å². The zero-order chi connectivity index (χ0) is 14.8. The lowest BCUT2D eigenvalue weighted by Crippen LogP contribution is -2.39. The predicted molar refractivity (Wildman–Crippen MR) is 80.6 cm³/mol. The number of benzene rings is 1. The highest BCUT2D eigenvalue weighted by Crippen LogP contribution is 2.31. The van der Waals surface area contributed by atoms with E-state index in [-0.39, 0.29) is 10.9 Å². The highest BCUT2D eigenvalue weighted by atomic mass is 32.2. The topological polar surface area (TPSA) is 75.4 Å². The molecule has 2 rings (SSSR count). The van der Waals surface area contributed by atoms with Crippen molar-refractivity contribution in [2.24, 2.45) is 11.8 Å². The zero-order valence-electron chi connectivity index (χ0n) is 12.0. The maximum Gasteiger partial charge on any atom is 0.245 e. The summed E-state index contributed by atoms with van der Waals surface area (Å²) < 4.78 is 27.0. The van der Waals surface area contributed by atoms with Gasteiger partial charge in [0.05, 0.1) is 5.69 Å². The predicted octanol–water partition coefficient (Wildman–Crippen LogP) is 2.17. The molecular weight excluding hydrogens is 274 g/mol. The monoisotopic (exact) mass is 297 g/mol. The summed E-state index contributed by atoms with van der Waals surface area (Å²) in [5.41, 5.74) is 2.89. The van der Waals surface area contributed by atoms with Gasteiger partial charge in [0.25, 0.3) is 0 Å². The molecule has 1 aliphatic rings. The number of para-hydroxylation sites is 1. The lowest BCUT2D eigenvalue weighted by atomic mass is 9.87. The Morgan fingerprint density at radius 3 is 2.40 bits per heavy atom. The summed E-state index contributed by atoms with van der Waals surface area (Å²) in [5, 5.41) is 0. The quantitative estimate of drug-likeness (QED) is 0.660. The maximum atomic E-state index is 12.7. The molecule has 6 heteroatoms. The number of rotatable bonds is 4. The van der Waals surface area contributed by atoms with Crippen LogP contribution in [0.2, 0.25) is 0 Å². The summed E-state index contributed by atoms with van der Waals surface area (Å²) in [5.74, 6) is 6.11. The highest BCUT2D eigenvalue weighted by Gasteiger charge is 2.31. The largest absolute Gasteiger partial charge is 0.323 e. The Labute approximate surface area is 121 Å². The van der Waals surface area contributed by atoms with Crippen molar-refractivity contribution < 1.29 is 8.42 Å². The van der Waals surface area contributed by atoms with Crippen LogP contribution < -0.4 is 11.3 Å². The van der Waals surface area contributed by atoms with Gasteiger partial charge in [-0.3, -0.25) is 5.84 Å². The van der Waals surface area contributed by atoms with Gasteiger partial charge in [0.1, 0.15) is 4.90 Å². The molecule has 0 spiro atoms. The molecule has 5 nitrogen and oxygen atoms in total. The lowest BCUT2D eigenvalue weighted by molar-refractivity contribution is 0.246. The first-order chi connectivity index (χ1) is 9.46. The van der Waals surface area contributed by atoms with Crippen LogP contribution >= 0.6 is 0 Å². The third kappa shape index (κ3) is 2.97. The van der Waals surface area contributed by atoms with Crippen molar-refractivity contribution in [1.29, 1.82) is 0 Å². The summed E-state index contributed by atoms with van der Waals surface area (Å²) in [6.07, 6.45) is 4.02. The van der Waals surface area contributed by atoms with Crippen molar-refractivity contribution >= 4 is 15.7 Å². The van der Waals surface area contributed by atoms with Crippen LogP contribution in [0.25, 0.3) is 0 Å². The molecule has 3 N–H and O–H groups in total. The Balaban J connectivity index is 2.25. The molecule has 20 heavy (non-hydrogen) atoms. The molecule has 0 saturated heterocycles. The van der Waals surface area contributed by atoms with Crippen LogP contribution in [0.3, 0.4) is 0 Å². The minimum Gasteiger partial charge on any atom is -0.323 e. The maximum absolute atomic E-state index is 12.7. The molecule has 0 radical (unpaired) electrons. The van der Waals surface area contributed by atoms with E-state index in [2.05, 4.69) is 12.3 Å². The normalized spacial score (nSPS) is 23.8. The molecule has 0 aliphatic heterocycles. The van der Waals surface area contributed by atoms with Gasteiger partial charge in [0.2, 0.25) is 10.0 Å². The molecule has 0 heterocycles. The Kier molecular flexibility index (Phi) is 4.67. The Hall–Kier alpha value is -1.11. The summed E-state index contributed by atoms with van der Waals surface area (Å²) in [4.78, 5) is 0.239. The molecule has 0 aromatic heterocycles. The van der Waals surface area contributed by atoms with Gasteiger partial charge in [0, 0.05) is 13.1 Å². The van der Waals surface area contributed by atoms with Gasteiger partial charge in [-0.15, -0.1) is 0 Å². The fourth-order valence-electron chi connectivity index (χ4n) is 2.77. The van der Waals surface area contributed by atoms with Crippen LogP contribution in [0.15, 0.2) is 29.2 Å². The van der Waals surface area contributed by atoms with E-state index in [1.165, 1.54) is 4.31 Å². The number of nitrogens with zero attached hydrogens (tertiary/aromatic N) is 1. The first-order valence-electron chi connectivity index (χ1n) is 7.00. The van der Waals surface area contributed by atoms with Crippen molar-refractivity contribution in [3.8, 4) is 0 Å². The number of nitrogens with two attached hydrogens (primary N) is 1. The first-order valence-corrected chi connectivity index (χ1v) is 8.44. The molecule has 112 valence electrons. The summed E-state index contributed by atoms with van der Waals surface area (Å²) >= 11 is 0. The van der Waals surface area contributed by atoms with Crippen LogP contribution in [0.5, 0.6) is 0 Å². The van der Waals surface area contributed by atoms with E-state index in [0.29, 0.717) is 11.6 Å². The van der Waals surface area contributed by atoms with Gasteiger partial charge >= 0.3 is 0 Å².